The summed E-state index contributed by atoms with van der Waals surface area (Å²) in [4.78, 5) is 30.8. The Hall–Kier alpha value is -3.41. The number of carbonyl (C=O) groups excluding carboxylic acids is 2. The molecule has 2 amide bonds. The van der Waals surface area contributed by atoms with Gasteiger partial charge in [0.1, 0.15) is 11.4 Å². The summed E-state index contributed by atoms with van der Waals surface area (Å²) in [6, 6.07) is 17.4. The van der Waals surface area contributed by atoms with Crippen molar-refractivity contribution in [1.29, 1.82) is 0 Å². The van der Waals surface area contributed by atoms with Crippen LogP contribution in [0.25, 0.3) is 11.3 Å². The first-order chi connectivity index (χ1) is 14.0. The van der Waals surface area contributed by atoms with Crippen LogP contribution < -0.4 is 5.32 Å². The van der Waals surface area contributed by atoms with Gasteiger partial charge in [-0.2, -0.15) is 0 Å². The molecule has 1 fully saturated rings. The molecule has 0 aliphatic carbocycles. The summed E-state index contributed by atoms with van der Waals surface area (Å²) in [5, 5.41) is 3.00. The number of benzene rings is 1. The van der Waals surface area contributed by atoms with Crippen LogP contribution in [0.15, 0.2) is 60.8 Å². The maximum atomic E-state index is 12.6. The molecule has 0 atom stereocenters. The Kier molecular flexibility index (Phi) is 5.16. The van der Waals surface area contributed by atoms with Crippen molar-refractivity contribution >= 4 is 11.8 Å². The van der Waals surface area contributed by atoms with Crippen LogP contribution in [-0.4, -0.2) is 45.9 Å². The molecule has 0 saturated carbocycles. The van der Waals surface area contributed by atoms with E-state index in [1.165, 1.54) is 5.56 Å². The van der Waals surface area contributed by atoms with E-state index in [1.807, 2.05) is 41.9 Å². The lowest BCUT2D eigenvalue weighted by Gasteiger charge is -2.39. The number of pyridine rings is 1. The fraction of sp³-hybridized carbons (Fsp3) is 0.261. The van der Waals surface area contributed by atoms with Crippen LogP contribution in [0.3, 0.4) is 0 Å². The predicted molar refractivity (Wildman–Crippen MR) is 112 cm³/mol. The second kappa shape index (κ2) is 7.91. The third-order valence-corrected chi connectivity index (χ3v) is 5.35. The van der Waals surface area contributed by atoms with Crippen LogP contribution in [0.4, 0.5) is 0 Å². The minimum atomic E-state index is -0.0964. The first-order valence-electron chi connectivity index (χ1n) is 9.74. The highest BCUT2D eigenvalue weighted by atomic mass is 16.2. The Morgan fingerprint density at radius 2 is 1.93 bits per heavy atom. The Labute approximate surface area is 170 Å². The molecule has 1 saturated heterocycles. The number of likely N-dealkylation sites (tertiary alicyclic amines) is 1. The van der Waals surface area contributed by atoms with Gasteiger partial charge in [0.15, 0.2) is 0 Å². The molecule has 3 heterocycles. The number of nitrogens with one attached hydrogen (secondary N) is 1. The molecule has 1 aliphatic heterocycles. The molecule has 1 aliphatic rings. The number of hydrogen-bond acceptors (Lipinski definition) is 3. The molecular weight excluding hydrogens is 364 g/mol. The van der Waals surface area contributed by atoms with E-state index in [1.54, 1.807) is 23.2 Å². The molecule has 6 heteroatoms. The van der Waals surface area contributed by atoms with E-state index < -0.39 is 0 Å². The van der Waals surface area contributed by atoms with Crippen LogP contribution >= 0.6 is 0 Å². The van der Waals surface area contributed by atoms with E-state index in [0.717, 1.165) is 11.3 Å². The Bertz CT molecular complexity index is 1040. The van der Waals surface area contributed by atoms with Gasteiger partial charge in [-0.1, -0.05) is 29.8 Å². The molecule has 0 bridgehead atoms. The quantitative estimate of drug-likeness (QED) is 0.731. The van der Waals surface area contributed by atoms with Crippen molar-refractivity contribution in [1.82, 2.24) is 19.8 Å². The monoisotopic (exact) mass is 388 g/mol. The third kappa shape index (κ3) is 3.92. The second-order valence-corrected chi connectivity index (χ2v) is 7.53. The molecule has 0 spiro atoms. The van der Waals surface area contributed by atoms with Crippen LogP contribution in [0.2, 0.25) is 0 Å². The average Bonchev–Trinajstić information content (AvgIpc) is 3.08. The molecule has 1 aromatic carbocycles. The van der Waals surface area contributed by atoms with Crippen molar-refractivity contribution in [2.45, 2.75) is 6.92 Å². The zero-order valence-corrected chi connectivity index (χ0v) is 16.6. The molecule has 2 aromatic heterocycles. The minimum Gasteiger partial charge on any atom is -0.350 e. The highest BCUT2D eigenvalue weighted by Gasteiger charge is 2.32. The molecule has 0 radical (unpaired) electrons. The maximum absolute atomic E-state index is 12.6. The lowest BCUT2D eigenvalue weighted by molar-refractivity contribution is 0.0491. The van der Waals surface area contributed by atoms with Gasteiger partial charge in [0.05, 0.1) is 0 Å². The van der Waals surface area contributed by atoms with Gasteiger partial charge in [0.2, 0.25) is 0 Å². The minimum absolute atomic E-state index is 0.0570. The highest BCUT2D eigenvalue weighted by molar-refractivity contribution is 5.94. The Balaban J connectivity index is 1.32. The van der Waals surface area contributed by atoms with Crippen LogP contribution in [0, 0.1) is 12.8 Å². The number of rotatable bonds is 5. The van der Waals surface area contributed by atoms with Gasteiger partial charge >= 0.3 is 0 Å². The summed E-state index contributed by atoms with van der Waals surface area (Å²) >= 11 is 0. The zero-order chi connectivity index (χ0) is 20.4. The van der Waals surface area contributed by atoms with Gasteiger partial charge in [0.25, 0.3) is 11.8 Å². The summed E-state index contributed by atoms with van der Waals surface area (Å²) in [6.45, 7) is 3.88. The number of aryl methyl sites for hydroxylation is 1. The van der Waals surface area contributed by atoms with Gasteiger partial charge in [0, 0.05) is 44.5 Å². The molecule has 29 heavy (non-hydrogen) atoms. The lowest BCUT2D eigenvalue weighted by atomic mass is 9.99. The van der Waals surface area contributed by atoms with Crippen molar-refractivity contribution in [2.75, 3.05) is 19.6 Å². The molecular formula is C23H24N4O2. The third-order valence-electron chi connectivity index (χ3n) is 5.35. The van der Waals surface area contributed by atoms with E-state index in [4.69, 9.17) is 0 Å². The van der Waals surface area contributed by atoms with Gasteiger partial charge < -0.3 is 14.8 Å². The zero-order valence-electron chi connectivity index (χ0n) is 16.6. The van der Waals surface area contributed by atoms with Crippen LogP contribution in [-0.2, 0) is 7.05 Å². The van der Waals surface area contributed by atoms with Crippen molar-refractivity contribution < 1.29 is 9.59 Å². The summed E-state index contributed by atoms with van der Waals surface area (Å²) < 4.78 is 1.92. The first kappa shape index (κ1) is 18.9. The van der Waals surface area contributed by atoms with E-state index >= 15 is 0 Å². The topological polar surface area (TPSA) is 67.2 Å². The van der Waals surface area contributed by atoms with Crippen LogP contribution in [0.5, 0.6) is 0 Å². The first-order valence-corrected chi connectivity index (χ1v) is 9.74. The average molecular weight is 388 g/mol. The highest BCUT2D eigenvalue weighted by Crippen LogP contribution is 2.23. The molecule has 1 N–H and O–H groups in total. The van der Waals surface area contributed by atoms with E-state index in [9.17, 15) is 9.59 Å². The van der Waals surface area contributed by atoms with E-state index in [2.05, 4.69) is 29.4 Å². The standard InChI is InChI=1S/C23H24N4O2/c1-16-6-5-7-18(12-16)20-9-10-21(26(20)2)22(28)25-13-17-14-27(15-17)23(29)19-8-3-4-11-24-19/h3-12,17H,13-15H2,1-2H3,(H,25,28). The summed E-state index contributed by atoms with van der Waals surface area (Å²) in [7, 11) is 1.91. The maximum Gasteiger partial charge on any atom is 0.272 e. The normalized spacial score (nSPS) is 13.8. The van der Waals surface area contributed by atoms with Crippen LogP contribution in [0.1, 0.15) is 26.5 Å². The van der Waals surface area contributed by atoms with Gasteiger partial charge in [-0.25, -0.2) is 0 Å². The second-order valence-electron chi connectivity index (χ2n) is 7.53. The number of amides is 2. The predicted octanol–water partition coefficient (Wildman–Crippen LogP) is 2.90. The molecule has 4 rings (SSSR count). The van der Waals surface area contributed by atoms with Crippen molar-refractivity contribution in [3.63, 3.8) is 0 Å². The molecule has 3 aromatic rings. The fourth-order valence-corrected chi connectivity index (χ4v) is 3.68. The number of nitrogens with zero attached hydrogens (tertiary/aromatic N) is 3. The van der Waals surface area contributed by atoms with Gasteiger partial charge in [-0.3, -0.25) is 14.6 Å². The number of aromatic nitrogens is 2. The Morgan fingerprint density at radius 3 is 2.66 bits per heavy atom. The smallest absolute Gasteiger partial charge is 0.272 e. The molecule has 0 unspecified atom stereocenters. The summed E-state index contributed by atoms with van der Waals surface area (Å²) in [5.41, 5.74) is 4.37. The summed E-state index contributed by atoms with van der Waals surface area (Å²) in [5.74, 6) is 0.113. The van der Waals surface area contributed by atoms with Gasteiger partial charge in [-0.05, 0) is 42.8 Å². The lowest BCUT2D eigenvalue weighted by Crippen LogP contribution is -2.54. The van der Waals surface area contributed by atoms with Crippen molar-refractivity contribution in [3.05, 3.63) is 77.7 Å². The number of hydrogen-bond donors (Lipinski definition) is 1. The summed E-state index contributed by atoms with van der Waals surface area (Å²) in [6.07, 6.45) is 1.62. The van der Waals surface area contributed by atoms with E-state index in [-0.39, 0.29) is 17.7 Å². The van der Waals surface area contributed by atoms with Gasteiger partial charge in [-0.15, -0.1) is 0 Å². The fourth-order valence-electron chi connectivity index (χ4n) is 3.68. The van der Waals surface area contributed by atoms with Crippen molar-refractivity contribution in [3.8, 4) is 11.3 Å². The van der Waals surface area contributed by atoms with Crippen molar-refractivity contribution in [2.24, 2.45) is 13.0 Å². The number of carbonyl (C=O) groups is 2. The van der Waals surface area contributed by atoms with E-state index in [0.29, 0.717) is 31.0 Å². The Morgan fingerprint density at radius 1 is 1.10 bits per heavy atom. The largest absolute Gasteiger partial charge is 0.350 e. The molecule has 6 nitrogen and oxygen atoms in total. The molecule has 148 valence electrons. The SMILES string of the molecule is Cc1cccc(-c2ccc(C(=O)NCC3CN(C(=O)c4ccccn4)C3)n2C)c1.